The first-order valence-corrected chi connectivity index (χ1v) is 11.1. The minimum atomic E-state index is -0.485. The summed E-state index contributed by atoms with van der Waals surface area (Å²) in [6, 6.07) is 19.3. The third-order valence-corrected chi connectivity index (χ3v) is 5.86. The van der Waals surface area contributed by atoms with E-state index < -0.39 is 11.5 Å². The standard InChI is InChI=1S/C27H27N3O5/c1-34-19-9-6-18(7-10-19)16-30-23-5-3-4-22(28)20(23)15-21(27(30)33)26(32)29-13-12-17-8-11-25(35-2)24(31)14-17/h3-11,14-15,31H,12-13,16,28H2,1-2H3,(H,29,32). The largest absolute Gasteiger partial charge is 0.504 e. The van der Waals surface area contributed by atoms with Crippen molar-refractivity contribution in [2.75, 3.05) is 26.5 Å². The Labute approximate surface area is 202 Å². The monoisotopic (exact) mass is 473 g/mol. The molecule has 0 bridgehead atoms. The first-order chi connectivity index (χ1) is 16.9. The third-order valence-electron chi connectivity index (χ3n) is 5.86. The number of carbonyl (C=O) groups excluding carboxylic acids is 1. The van der Waals surface area contributed by atoms with Crippen LogP contribution in [0.4, 0.5) is 5.69 Å². The number of carbonyl (C=O) groups is 1. The number of anilines is 1. The van der Waals surface area contributed by atoms with Crippen LogP contribution in [-0.2, 0) is 13.0 Å². The molecule has 0 spiro atoms. The topological polar surface area (TPSA) is 116 Å². The molecule has 180 valence electrons. The quantitative estimate of drug-likeness (QED) is 0.338. The molecule has 0 radical (unpaired) electrons. The molecular weight excluding hydrogens is 446 g/mol. The van der Waals surface area contributed by atoms with E-state index in [0.29, 0.717) is 34.5 Å². The van der Waals surface area contributed by atoms with Crippen LogP contribution in [0.1, 0.15) is 21.5 Å². The third kappa shape index (κ3) is 5.06. The summed E-state index contributed by atoms with van der Waals surface area (Å²) in [4.78, 5) is 26.4. The van der Waals surface area contributed by atoms with Gasteiger partial charge >= 0.3 is 0 Å². The van der Waals surface area contributed by atoms with Crippen molar-refractivity contribution in [2.24, 2.45) is 0 Å². The summed E-state index contributed by atoms with van der Waals surface area (Å²) in [5, 5.41) is 13.4. The lowest BCUT2D eigenvalue weighted by molar-refractivity contribution is 0.0952. The SMILES string of the molecule is COc1ccc(Cn2c(=O)c(C(=O)NCCc3ccc(OC)c(O)c3)cc3c(N)cccc32)cc1. The van der Waals surface area contributed by atoms with Crippen molar-refractivity contribution in [1.82, 2.24) is 9.88 Å². The molecule has 1 amide bonds. The molecule has 8 heteroatoms. The van der Waals surface area contributed by atoms with Crippen molar-refractivity contribution in [1.29, 1.82) is 0 Å². The molecule has 0 atom stereocenters. The summed E-state index contributed by atoms with van der Waals surface area (Å²) in [5.74, 6) is 0.640. The van der Waals surface area contributed by atoms with E-state index >= 15 is 0 Å². The van der Waals surface area contributed by atoms with Crippen LogP contribution in [0.5, 0.6) is 17.2 Å². The van der Waals surface area contributed by atoms with E-state index in [2.05, 4.69) is 5.32 Å². The molecule has 0 unspecified atom stereocenters. The smallest absolute Gasteiger partial charge is 0.264 e. The minimum absolute atomic E-state index is 0.0153. The number of nitrogens with zero attached hydrogens (tertiary/aromatic N) is 1. The highest BCUT2D eigenvalue weighted by molar-refractivity contribution is 6.00. The Balaban J connectivity index is 1.61. The van der Waals surface area contributed by atoms with E-state index in [1.54, 1.807) is 42.0 Å². The van der Waals surface area contributed by atoms with Crippen LogP contribution < -0.4 is 26.1 Å². The molecule has 8 nitrogen and oxygen atoms in total. The number of aromatic nitrogens is 1. The molecule has 4 rings (SSSR count). The second-order valence-electron chi connectivity index (χ2n) is 8.09. The van der Waals surface area contributed by atoms with Gasteiger partial charge in [0.2, 0.25) is 0 Å². The average molecular weight is 474 g/mol. The zero-order valence-electron chi connectivity index (χ0n) is 19.6. The fourth-order valence-corrected chi connectivity index (χ4v) is 3.96. The fraction of sp³-hybridized carbons (Fsp3) is 0.185. The van der Waals surface area contributed by atoms with Crippen LogP contribution >= 0.6 is 0 Å². The highest BCUT2D eigenvalue weighted by Crippen LogP contribution is 2.26. The highest BCUT2D eigenvalue weighted by Gasteiger charge is 2.17. The first kappa shape index (κ1) is 23.7. The van der Waals surface area contributed by atoms with Gasteiger partial charge in [0.25, 0.3) is 11.5 Å². The van der Waals surface area contributed by atoms with Crippen molar-refractivity contribution < 1.29 is 19.4 Å². The summed E-state index contributed by atoms with van der Waals surface area (Å²) < 4.78 is 11.8. The maximum atomic E-state index is 13.4. The summed E-state index contributed by atoms with van der Waals surface area (Å²) >= 11 is 0. The van der Waals surface area contributed by atoms with Gasteiger partial charge in [0.1, 0.15) is 11.3 Å². The summed E-state index contributed by atoms with van der Waals surface area (Å²) in [5.41, 5.74) is 8.64. The number of nitrogens with one attached hydrogen (secondary N) is 1. The molecule has 35 heavy (non-hydrogen) atoms. The van der Waals surface area contributed by atoms with Crippen LogP contribution in [0.2, 0.25) is 0 Å². The normalized spacial score (nSPS) is 10.8. The number of hydrogen-bond donors (Lipinski definition) is 3. The number of benzene rings is 3. The fourth-order valence-electron chi connectivity index (χ4n) is 3.96. The van der Waals surface area contributed by atoms with Gasteiger partial charge in [0, 0.05) is 17.6 Å². The van der Waals surface area contributed by atoms with E-state index in [-0.39, 0.29) is 24.4 Å². The minimum Gasteiger partial charge on any atom is -0.504 e. The first-order valence-electron chi connectivity index (χ1n) is 11.1. The van der Waals surface area contributed by atoms with Crippen molar-refractivity contribution in [3.05, 3.63) is 93.8 Å². The van der Waals surface area contributed by atoms with Gasteiger partial charge in [-0.15, -0.1) is 0 Å². The predicted octanol–water partition coefficient (Wildman–Crippen LogP) is 3.33. The zero-order valence-corrected chi connectivity index (χ0v) is 19.6. The zero-order chi connectivity index (χ0) is 24.9. The van der Waals surface area contributed by atoms with Gasteiger partial charge < -0.3 is 30.2 Å². The predicted molar refractivity (Wildman–Crippen MR) is 135 cm³/mol. The average Bonchev–Trinajstić information content (AvgIpc) is 2.86. The van der Waals surface area contributed by atoms with Gasteiger partial charge in [0.15, 0.2) is 11.5 Å². The van der Waals surface area contributed by atoms with Crippen LogP contribution in [-0.4, -0.2) is 36.3 Å². The van der Waals surface area contributed by atoms with E-state index in [9.17, 15) is 14.7 Å². The molecule has 4 N–H and O–H groups in total. The second-order valence-corrected chi connectivity index (χ2v) is 8.09. The van der Waals surface area contributed by atoms with E-state index in [1.807, 2.05) is 36.4 Å². The Hall–Kier alpha value is -4.46. The Bertz CT molecular complexity index is 1430. The number of phenols is 1. The molecule has 0 saturated heterocycles. The van der Waals surface area contributed by atoms with Gasteiger partial charge in [-0.05, 0) is 60.0 Å². The van der Waals surface area contributed by atoms with Gasteiger partial charge in [-0.25, -0.2) is 0 Å². The summed E-state index contributed by atoms with van der Waals surface area (Å²) in [6.07, 6.45) is 0.471. The van der Waals surface area contributed by atoms with Crippen molar-refractivity contribution in [3.63, 3.8) is 0 Å². The number of nitrogen functional groups attached to an aromatic ring is 1. The maximum absolute atomic E-state index is 13.4. The second kappa shape index (κ2) is 10.2. The van der Waals surface area contributed by atoms with E-state index in [0.717, 1.165) is 11.1 Å². The molecule has 1 aromatic heterocycles. The molecule has 1 heterocycles. The van der Waals surface area contributed by atoms with Crippen LogP contribution in [0.3, 0.4) is 0 Å². The molecular formula is C27H27N3O5. The lowest BCUT2D eigenvalue weighted by Crippen LogP contribution is -2.34. The molecule has 0 aliphatic heterocycles. The van der Waals surface area contributed by atoms with Crippen molar-refractivity contribution in [2.45, 2.75) is 13.0 Å². The lowest BCUT2D eigenvalue weighted by atomic mass is 10.1. The van der Waals surface area contributed by atoms with Gasteiger partial charge in [0.05, 0.1) is 26.3 Å². The Morgan fingerprint density at radius 3 is 2.43 bits per heavy atom. The number of amides is 1. The molecule has 4 aromatic rings. The van der Waals surface area contributed by atoms with Crippen LogP contribution in [0.15, 0.2) is 71.5 Å². The van der Waals surface area contributed by atoms with Gasteiger partial charge in [-0.2, -0.15) is 0 Å². The number of ether oxygens (including phenoxy) is 2. The Morgan fingerprint density at radius 2 is 1.74 bits per heavy atom. The Kier molecular flexibility index (Phi) is 6.91. The van der Waals surface area contributed by atoms with Crippen molar-refractivity contribution >= 4 is 22.5 Å². The summed E-state index contributed by atoms with van der Waals surface area (Å²) in [7, 11) is 3.07. The van der Waals surface area contributed by atoms with Gasteiger partial charge in [-0.3, -0.25) is 9.59 Å². The highest BCUT2D eigenvalue weighted by atomic mass is 16.5. The lowest BCUT2D eigenvalue weighted by Gasteiger charge is -2.15. The number of aromatic hydroxyl groups is 1. The van der Waals surface area contributed by atoms with E-state index in [4.69, 9.17) is 15.2 Å². The van der Waals surface area contributed by atoms with Crippen LogP contribution in [0, 0.1) is 0 Å². The number of pyridine rings is 1. The van der Waals surface area contributed by atoms with Gasteiger partial charge in [-0.1, -0.05) is 24.3 Å². The molecule has 0 saturated carbocycles. The molecule has 0 aliphatic rings. The van der Waals surface area contributed by atoms with Crippen LogP contribution in [0.25, 0.3) is 10.9 Å². The van der Waals surface area contributed by atoms with Crippen molar-refractivity contribution in [3.8, 4) is 17.2 Å². The number of fused-ring (bicyclic) bond motifs is 1. The Morgan fingerprint density at radius 1 is 1.00 bits per heavy atom. The number of rotatable bonds is 8. The molecule has 3 aromatic carbocycles. The molecule has 0 fully saturated rings. The number of methoxy groups -OCH3 is 2. The maximum Gasteiger partial charge on any atom is 0.264 e. The number of nitrogens with two attached hydrogens (primary N) is 1. The summed E-state index contributed by atoms with van der Waals surface area (Å²) in [6.45, 7) is 0.555. The molecule has 0 aliphatic carbocycles. The number of phenolic OH excluding ortho intramolecular Hbond substituents is 1. The number of hydrogen-bond acceptors (Lipinski definition) is 6. The van der Waals surface area contributed by atoms with E-state index in [1.165, 1.54) is 7.11 Å².